The third kappa shape index (κ3) is 2.99. The zero-order valence-corrected chi connectivity index (χ0v) is 13.5. The van der Waals surface area contributed by atoms with Crippen LogP contribution in [0.4, 0.5) is 0 Å². The Bertz CT molecular complexity index is 527. The molecule has 1 saturated heterocycles. The van der Waals surface area contributed by atoms with E-state index in [0.29, 0.717) is 12.3 Å². The molecule has 0 aliphatic carbocycles. The molecule has 1 aromatic carbocycles. The standard InChI is InChI=1S/C17H25NO3/c1-11(2)8-15-17(3,10-16(19)18-15)13-9-12(20-4)6-7-14(13)21-5/h6-7,9,11,15H,8,10H2,1-5H3,(H,18,19). The summed E-state index contributed by atoms with van der Waals surface area (Å²) in [6.45, 7) is 6.48. The molecule has 1 N–H and O–H groups in total. The number of carbonyl (C=O) groups is 1. The van der Waals surface area contributed by atoms with E-state index >= 15 is 0 Å². The fraction of sp³-hybridized carbons (Fsp3) is 0.588. The quantitative estimate of drug-likeness (QED) is 0.907. The first kappa shape index (κ1) is 15.7. The van der Waals surface area contributed by atoms with E-state index in [0.717, 1.165) is 23.5 Å². The summed E-state index contributed by atoms with van der Waals surface area (Å²) in [5.41, 5.74) is 0.759. The minimum Gasteiger partial charge on any atom is -0.497 e. The van der Waals surface area contributed by atoms with Crippen LogP contribution in [-0.4, -0.2) is 26.2 Å². The van der Waals surface area contributed by atoms with Crippen molar-refractivity contribution in [3.8, 4) is 11.5 Å². The molecular formula is C17H25NO3. The summed E-state index contributed by atoms with van der Waals surface area (Å²) in [5.74, 6) is 2.22. The molecule has 1 aliphatic heterocycles. The monoisotopic (exact) mass is 291 g/mol. The Morgan fingerprint density at radius 1 is 1.33 bits per heavy atom. The molecule has 116 valence electrons. The van der Waals surface area contributed by atoms with E-state index < -0.39 is 0 Å². The molecule has 4 heteroatoms. The summed E-state index contributed by atoms with van der Waals surface area (Å²) in [6.07, 6.45) is 1.43. The highest BCUT2D eigenvalue weighted by Crippen LogP contribution is 2.43. The summed E-state index contributed by atoms with van der Waals surface area (Å²) >= 11 is 0. The predicted molar refractivity (Wildman–Crippen MR) is 82.9 cm³/mol. The molecule has 0 radical (unpaired) electrons. The SMILES string of the molecule is COc1ccc(OC)c(C2(C)CC(=O)NC2CC(C)C)c1. The molecule has 0 saturated carbocycles. The van der Waals surface area contributed by atoms with E-state index in [4.69, 9.17) is 9.47 Å². The van der Waals surface area contributed by atoms with Crippen molar-refractivity contribution >= 4 is 5.91 Å². The molecule has 0 spiro atoms. The second-order valence-electron chi connectivity index (χ2n) is 6.41. The Balaban J connectivity index is 2.47. The van der Waals surface area contributed by atoms with Gasteiger partial charge in [0, 0.05) is 23.4 Å². The third-order valence-corrected chi connectivity index (χ3v) is 4.36. The second-order valence-corrected chi connectivity index (χ2v) is 6.41. The van der Waals surface area contributed by atoms with Gasteiger partial charge in [-0.1, -0.05) is 20.8 Å². The molecule has 0 aromatic heterocycles. The zero-order valence-electron chi connectivity index (χ0n) is 13.5. The summed E-state index contributed by atoms with van der Waals surface area (Å²) < 4.78 is 10.9. The van der Waals surface area contributed by atoms with E-state index in [1.54, 1.807) is 14.2 Å². The van der Waals surface area contributed by atoms with E-state index in [1.165, 1.54) is 0 Å². The molecule has 1 aliphatic rings. The van der Waals surface area contributed by atoms with Gasteiger partial charge in [0.25, 0.3) is 0 Å². The molecule has 4 nitrogen and oxygen atoms in total. The van der Waals surface area contributed by atoms with Crippen molar-refractivity contribution in [1.82, 2.24) is 5.32 Å². The van der Waals surface area contributed by atoms with Gasteiger partial charge in [-0.3, -0.25) is 4.79 Å². The Labute approximate surface area is 126 Å². The van der Waals surface area contributed by atoms with E-state index in [-0.39, 0.29) is 17.4 Å². The van der Waals surface area contributed by atoms with Crippen molar-refractivity contribution < 1.29 is 14.3 Å². The average molecular weight is 291 g/mol. The van der Waals surface area contributed by atoms with Crippen LogP contribution in [0.3, 0.4) is 0 Å². The number of methoxy groups -OCH3 is 2. The summed E-state index contributed by atoms with van der Waals surface area (Å²) in [5, 5.41) is 3.13. The minimum absolute atomic E-state index is 0.105. The highest BCUT2D eigenvalue weighted by Gasteiger charge is 2.46. The van der Waals surface area contributed by atoms with Gasteiger partial charge in [0.2, 0.25) is 5.91 Å². The Morgan fingerprint density at radius 3 is 2.62 bits per heavy atom. The Morgan fingerprint density at radius 2 is 2.05 bits per heavy atom. The van der Waals surface area contributed by atoms with Crippen molar-refractivity contribution in [2.24, 2.45) is 5.92 Å². The number of hydrogen-bond acceptors (Lipinski definition) is 3. The topological polar surface area (TPSA) is 47.6 Å². The first-order valence-electron chi connectivity index (χ1n) is 7.42. The number of hydrogen-bond donors (Lipinski definition) is 1. The lowest BCUT2D eigenvalue weighted by Crippen LogP contribution is -2.39. The lowest BCUT2D eigenvalue weighted by atomic mass is 9.73. The van der Waals surface area contributed by atoms with Crippen LogP contribution in [0.1, 0.15) is 39.2 Å². The lowest BCUT2D eigenvalue weighted by molar-refractivity contribution is -0.119. The van der Waals surface area contributed by atoms with Gasteiger partial charge in [-0.05, 0) is 30.5 Å². The van der Waals surface area contributed by atoms with Gasteiger partial charge in [0.15, 0.2) is 0 Å². The van der Waals surface area contributed by atoms with Crippen LogP contribution in [0.25, 0.3) is 0 Å². The summed E-state index contributed by atoms with van der Waals surface area (Å²) in [6, 6.07) is 5.90. The van der Waals surface area contributed by atoms with Gasteiger partial charge in [-0.15, -0.1) is 0 Å². The average Bonchev–Trinajstić information content (AvgIpc) is 2.72. The molecule has 1 fully saturated rings. The number of ether oxygens (including phenoxy) is 2. The lowest BCUT2D eigenvalue weighted by Gasteiger charge is -2.33. The van der Waals surface area contributed by atoms with Crippen LogP contribution < -0.4 is 14.8 Å². The summed E-state index contributed by atoms with van der Waals surface area (Å²) in [4.78, 5) is 12.0. The maximum atomic E-state index is 12.0. The largest absolute Gasteiger partial charge is 0.497 e. The Hall–Kier alpha value is -1.71. The molecule has 2 rings (SSSR count). The maximum Gasteiger partial charge on any atom is 0.221 e. The number of benzene rings is 1. The van der Waals surface area contributed by atoms with E-state index in [2.05, 4.69) is 26.1 Å². The molecule has 2 unspecified atom stereocenters. The normalized spacial score (nSPS) is 25.0. The zero-order chi connectivity index (χ0) is 15.6. The number of nitrogens with one attached hydrogen (secondary N) is 1. The van der Waals surface area contributed by atoms with Gasteiger partial charge in [-0.25, -0.2) is 0 Å². The number of carbonyl (C=O) groups excluding carboxylic acids is 1. The van der Waals surface area contributed by atoms with Crippen molar-refractivity contribution in [2.75, 3.05) is 14.2 Å². The van der Waals surface area contributed by atoms with Crippen molar-refractivity contribution in [1.29, 1.82) is 0 Å². The molecule has 0 bridgehead atoms. The van der Waals surface area contributed by atoms with Crippen molar-refractivity contribution in [3.05, 3.63) is 23.8 Å². The second kappa shape index (κ2) is 5.96. The number of amides is 1. The summed E-state index contributed by atoms with van der Waals surface area (Å²) in [7, 11) is 3.31. The maximum absolute atomic E-state index is 12.0. The molecule has 1 aromatic rings. The van der Waals surface area contributed by atoms with Crippen LogP contribution in [0.2, 0.25) is 0 Å². The fourth-order valence-electron chi connectivity index (χ4n) is 3.20. The first-order valence-corrected chi connectivity index (χ1v) is 7.42. The van der Waals surface area contributed by atoms with Crippen LogP contribution in [0.15, 0.2) is 18.2 Å². The van der Waals surface area contributed by atoms with Crippen LogP contribution >= 0.6 is 0 Å². The predicted octanol–water partition coefficient (Wildman–Crippen LogP) is 2.90. The van der Waals surface area contributed by atoms with E-state index in [1.807, 2.05) is 18.2 Å². The van der Waals surface area contributed by atoms with Crippen LogP contribution in [-0.2, 0) is 10.2 Å². The van der Waals surface area contributed by atoms with Gasteiger partial charge < -0.3 is 14.8 Å². The molecule has 1 amide bonds. The van der Waals surface area contributed by atoms with Crippen LogP contribution in [0.5, 0.6) is 11.5 Å². The van der Waals surface area contributed by atoms with Gasteiger partial charge in [0.1, 0.15) is 11.5 Å². The molecule has 2 atom stereocenters. The highest BCUT2D eigenvalue weighted by molar-refractivity contribution is 5.82. The van der Waals surface area contributed by atoms with Crippen molar-refractivity contribution in [3.63, 3.8) is 0 Å². The fourth-order valence-corrected chi connectivity index (χ4v) is 3.20. The first-order chi connectivity index (χ1) is 9.90. The smallest absolute Gasteiger partial charge is 0.221 e. The number of rotatable bonds is 5. The van der Waals surface area contributed by atoms with E-state index in [9.17, 15) is 4.79 Å². The third-order valence-electron chi connectivity index (χ3n) is 4.36. The molecular weight excluding hydrogens is 266 g/mol. The highest BCUT2D eigenvalue weighted by atomic mass is 16.5. The van der Waals surface area contributed by atoms with Crippen molar-refractivity contribution in [2.45, 2.75) is 45.1 Å². The molecule has 21 heavy (non-hydrogen) atoms. The minimum atomic E-state index is -0.277. The van der Waals surface area contributed by atoms with Gasteiger partial charge in [-0.2, -0.15) is 0 Å². The Kier molecular flexibility index (Phi) is 4.45. The van der Waals surface area contributed by atoms with Crippen LogP contribution in [0, 0.1) is 5.92 Å². The molecule has 1 heterocycles. The van der Waals surface area contributed by atoms with Gasteiger partial charge >= 0.3 is 0 Å². The van der Waals surface area contributed by atoms with Gasteiger partial charge in [0.05, 0.1) is 14.2 Å².